The number of nitrogens with zero attached hydrogens (tertiary/aromatic N) is 2. The number of aromatic amines is 1. The van der Waals surface area contributed by atoms with Crippen LogP contribution in [-0.4, -0.2) is 25.7 Å². The highest BCUT2D eigenvalue weighted by Crippen LogP contribution is 2.32. The van der Waals surface area contributed by atoms with Crippen molar-refractivity contribution in [3.63, 3.8) is 0 Å². The van der Waals surface area contributed by atoms with Gasteiger partial charge in [-0.3, -0.25) is 9.36 Å². The summed E-state index contributed by atoms with van der Waals surface area (Å²) >= 11 is 1.50. The lowest BCUT2D eigenvalue weighted by Gasteiger charge is -2.14. The van der Waals surface area contributed by atoms with Gasteiger partial charge in [0.05, 0.1) is 27.3 Å². The Morgan fingerprint density at radius 3 is 2.21 bits per heavy atom. The number of fused-ring (bicyclic) bond motifs is 4. The second-order valence-corrected chi connectivity index (χ2v) is 7.97. The first kappa shape index (κ1) is 17.1. The molecule has 1 N–H and O–H groups in total. The molecule has 0 aliphatic rings. The minimum atomic E-state index is -0.222. The van der Waals surface area contributed by atoms with Crippen molar-refractivity contribution in [1.82, 2.24) is 14.5 Å². The minimum Gasteiger partial charge on any atom is -0.333 e. The summed E-state index contributed by atoms with van der Waals surface area (Å²) in [7, 11) is 0. The fourth-order valence-corrected chi connectivity index (χ4v) is 4.69. The lowest BCUT2D eigenvalue weighted by molar-refractivity contribution is 0.0919. The maximum absolute atomic E-state index is 13.6. The molecule has 0 saturated heterocycles. The molecule has 1 unspecified atom stereocenters. The number of carbonyl (C=O) groups excluding carboxylic acids is 1. The van der Waals surface area contributed by atoms with E-state index < -0.39 is 0 Å². The van der Waals surface area contributed by atoms with Gasteiger partial charge in [-0.25, -0.2) is 4.98 Å². The Morgan fingerprint density at radius 1 is 0.964 bits per heavy atom. The Kier molecular flexibility index (Phi) is 4.17. The summed E-state index contributed by atoms with van der Waals surface area (Å²) in [5.41, 5.74) is 3.82. The summed E-state index contributed by atoms with van der Waals surface area (Å²) in [6.07, 6.45) is 0.724. The SMILES string of the molecule is CCC(Sc1nc2ccccc2[nH]1)C(=O)n1c2ccccc2c2ccccc21. The van der Waals surface area contributed by atoms with Crippen molar-refractivity contribution < 1.29 is 4.79 Å². The molecule has 0 radical (unpaired) electrons. The summed E-state index contributed by atoms with van der Waals surface area (Å²) in [6.45, 7) is 2.05. The van der Waals surface area contributed by atoms with Gasteiger partial charge in [-0.2, -0.15) is 0 Å². The monoisotopic (exact) mass is 385 g/mol. The predicted octanol–water partition coefficient (Wildman–Crippen LogP) is 5.88. The molecule has 0 aliphatic carbocycles. The zero-order valence-electron chi connectivity index (χ0n) is 15.4. The van der Waals surface area contributed by atoms with Crippen LogP contribution in [0.1, 0.15) is 18.1 Å². The standard InChI is InChI=1S/C23H19N3OS/c1-2-21(28-23-24-17-11-5-6-12-18(17)25-23)22(27)26-19-13-7-3-9-15(19)16-10-4-8-14-20(16)26/h3-14,21H,2H2,1H3,(H,24,25). The highest BCUT2D eigenvalue weighted by molar-refractivity contribution is 8.00. The highest BCUT2D eigenvalue weighted by Gasteiger charge is 2.24. The molecule has 3 aromatic carbocycles. The van der Waals surface area contributed by atoms with Crippen molar-refractivity contribution in [1.29, 1.82) is 0 Å². The van der Waals surface area contributed by atoms with Crippen molar-refractivity contribution in [3.05, 3.63) is 72.8 Å². The molecule has 2 heterocycles. The summed E-state index contributed by atoms with van der Waals surface area (Å²) in [4.78, 5) is 21.5. The third-order valence-electron chi connectivity index (χ3n) is 5.07. The van der Waals surface area contributed by atoms with E-state index in [1.54, 1.807) is 0 Å². The molecule has 5 aromatic rings. The molecule has 1 atom stereocenters. The molecular formula is C23H19N3OS. The average Bonchev–Trinajstić information content (AvgIpc) is 3.30. The van der Waals surface area contributed by atoms with E-state index in [1.807, 2.05) is 72.2 Å². The first-order valence-corrected chi connectivity index (χ1v) is 10.3. The molecule has 0 amide bonds. The normalized spacial score (nSPS) is 12.8. The molecule has 0 bridgehead atoms. The number of benzene rings is 3. The number of nitrogens with one attached hydrogen (secondary N) is 1. The maximum atomic E-state index is 13.6. The Labute approximate surface area is 166 Å². The fraction of sp³-hybridized carbons (Fsp3) is 0.130. The first-order chi connectivity index (χ1) is 13.8. The summed E-state index contributed by atoms with van der Waals surface area (Å²) < 4.78 is 1.87. The van der Waals surface area contributed by atoms with Crippen LogP contribution >= 0.6 is 11.8 Å². The second kappa shape index (κ2) is 6.84. The third kappa shape index (κ3) is 2.70. The fourth-order valence-electron chi connectivity index (χ4n) is 3.73. The van der Waals surface area contributed by atoms with Crippen LogP contribution in [0.5, 0.6) is 0 Å². The van der Waals surface area contributed by atoms with Gasteiger partial charge in [0, 0.05) is 10.8 Å². The molecule has 0 saturated carbocycles. The van der Waals surface area contributed by atoms with E-state index in [0.29, 0.717) is 0 Å². The van der Waals surface area contributed by atoms with Crippen LogP contribution in [0.25, 0.3) is 32.8 Å². The zero-order valence-corrected chi connectivity index (χ0v) is 16.2. The molecule has 0 spiro atoms. The largest absolute Gasteiger partial charge is 0.333 e. The van der Waals surface area contributed by atoms with Crippen molar-refractivity contribution in [2.45, 2.75) is 23.8 Å². The van der Waals surface area contributed by atoms with Gasteiger partial charge in [0.15, 0.2) is 5.16 Å². The Bertz CT molecular complexity index is 1230. The van der Waals surface area contributed by atoms with E-state index in [-0.39, 0.29) is 11.2 Å². The van der Waals surface area contributed by atoms with Gasteiger partial charge in [-0.15, -0.1) is 0 Å². The lowest BCUT2D eigenvalue weighted by atomic mass is 10.2. The van der Waals surface area contributed by atoms with Gasteiger partial charge in [0.25, 0.3) is 0 Å². The first-order valence-electron chi connectivity index (χ1n) is 9.40. The van der Waals surface area contributed by atoms with Gasteiger partial charge in [-0.05, 0) is 30.7 Å². The third-order valence-corrected chi connectivity index (χ3v) is 6.30. The number of para-hydroxylation sites is 4. The number of aromatic nitrogens is 3. The lowest BCUT2D eigenvalue weighted by Crippen LogP contribution is -2.23. The molecule has 4 nitrogen and oxygen atoms in total. The van der Waals surface area contributed by atoms with Gasteiger partial charge in [0.1, 0.15) is 0 Å². The van der Waals surface area contributed by atoms with Crippen molar-refractivity contribution in [2.24, 2.45) is 0 Å². The number of hydrogen-bond donors (Lipinski definition) is 1. The number of H-pyrrole nitrogens is 1. The van der Waals surface area contributed by atoms with Crippen LogP contribution in [0.3, 0.4) is 0 Å². The van der Waals surface area contributed by atoms with E-state index in [1.165, 1.54) is 11.8 Å². The second-order valence-electron chi connectivity index (χ2n) is 6.78. The van der Waals surface area contributed by atoms with Gasteiger partial charge >= 0.3 is 0 Å². The topological polar surface area (TPSA) is 50.7 Å². The molecule has 5 heteroatoms. The molecule has 5 rings (SSSR count). The molecule has 2 aromatic heterocycles. The highest BCUT2D eigenvalue weighted by atomic mass is 32.2. The van der Waals surface area contributed by atoms with Crippen LogP contribution in [0.2, 0.25) is 0 Å². The number of rotatable bonds is 4. The van der Waals surface area contributed by atoms with Crippen molar-refractivity contribution in [3.8, 4) is 0 Å². The molecular weight excluding hydrogens is 366 g/mol. The summed E-state index contributed by atoms with van der Waals surface area (Å²) in [6, 6.07) is 24.1. The summed E-state index contributed by atoms with van der Waals surface area (Å²) in [5.74, 6) is 0.0883. The van der Waals surface area contributed by atoms with Crippen LogP contribution in [-0.2, 0) is 0 Å². The Hall–Kier alpha value is -3.05. The van der Waals surface area contributed by atoms with E-state index in [9.17, 15) is 4.79 Å². The van der Waals surface area contributed by atoms with Crippen molar-refractivity contribution >= 4 is 50.5 Å². The zero-order chi connectivity index (χ0) is 19.1. The number of thioether (sulfide) groups is 1. The molecule has 0 aliphatic heterocycles. The van der Waals surface area contributed by atoms with E-state index in [0.717, 1.165) is 44.4 Å². The van der Waals surface area contributed by atoms with Gasteiger partial charge in [-0.1, -0.05) is 67.2 Å². The number of carbonyl (C=O) groups is 1. The molecule has 0 fully saturated rings. The maximum Gasteiger partial charge on any atom is 0.245 e. The quantitative estimate of drug-likeness (QED) is 0.393. The van der Waals surface area contributed by atoms with E-state index in [2.05, 4.69) is 22.1 Å². The van der Waals surface area contributed by atoms with Crippen LogP contribution < -0.4 is 0 Å². The smallest absolute Gasteiger partial charge is 0.245 e. The minimum absolute atomic E-state index is 0.0883. The average molecular weight is 385 g/mol. The van der Waals surface area contributed by atoms with E-state index >= 15 is 0 Å². The van der Waals surface area contributed by atoms with Gasteiger partial charge < -0.3 is 4.98 Å². The Morgan fingerprint density at radius 2 is 1.57 bits per heavy atom. The van der Waals surface area contributed by atoms with Crippen LogP contribution in [0, 0.1) is 0 Å². The number of hydrogen-bond acceptors (Lipinski definition) is 3. The molecule has 138 valence electrons. The van der Waals surface area contributed by atoms with Gasteiger partial charge in [0.2, 0.25) is 5.91 Å². The van der Waals surface area contributed by atoms with Crippen LogP contribution in [0.15, 0.2) is 78.0 Å². The predicted molar refractivity (Wildman–Crippen MR) is 116 cm³/mol. The number of imidazole rings is 1. The Balaban J connectivity index is 1.58. The van der Waals surface area contributed by atoms with Crippen LogP contribution in [0.4, 0.5) is 0 Å². The van der Waals surface area contributed by atoms with E-state index in [4.69, 9.17) is 0 Å². The summed E-state index contributed by atoms with van der Waals surface area (Å²) in [5, 5.41) is 2.77. The van der Waals surface area contributed by atoms with Crippen molar-refractivity contribution in [2.75, 3.05) is 0 Å². The molecule has 28 heavy (non-hydrogen) atoms.